The summed E-state index contributed by atoms with van der Waals surface area (Å²) in [5, 5.41) is 9.71. The number of rotatable bonds is 4. The topological polar surface area (TPSA) is 102 Å². The lowest BCUT2D eigenvalue weighted by Gasteiger charge is -2.24. The van der Waals surface area contributed by atoms with Crippen LogP contribution in [0.1, 0.15) is 29.4 Å². The number of carbonyl (C=O) groups excluding carboxylic acids is 2. The normalized spacial score (nSPS) is 16.2. The van der Waals surface area contributed by atoms with E-state index in [0.717, 1.165) is 12.1 Å². The van der Waals surface area contributed by atoms with Crippen LogP contribution in [0.15, 0.2) is 24.4 Å². The number of nitrogens with one attached hydrogen (secondary N) is 2. The van der Waals surface area contributed by atoms with Crippen molar-refractivity contribution in [2.75, 3.05) is 17.6 Å². The molecule has 7 nitrogen and oxygen atoms in total. The third-order valence-corrected chi connectivity index (χ3v) is 4.33. The van der Waals surface area contributed by atoms with Crippen LogP contribution in [0.3, 0.4) is 0 Å². The molecule has 4 N–H and O–H groups in total. The number of nitrogens with two attached hydrogens (primary N) is 1. The molecule has 132 valence electrons. The molecule has 0 saturated heterocycles. The van der Waals surface area contributed by atoms with Crippen molar-refractivity contribution in [1.29, 1.82) is 0 Å². The molecule has 2 heterocycles. The number of hydrogen-bond acceptors (Lipinski definition) is 4. The first-order valence-electron chi connectivity index (χ1n) is 8.09. The molecule has 1 unspecified atom stereocenters. The summed E-state index contributed by atoms with van der Waals surface area (Å²) < 4.78 is 15.2. The quantitative estimate of drug-likeness (QED) is 0.732. The molecule has 2 amide bonds. The summed E-state index contributed by atoms with van der Waals surface area (Å²) in [5.41, 5.74) is 7.55. The maximum atomic E-state index is 13.4. The maximum absolute atomic E-state index is 13.4. The highest BCUT2D eigenvalue weighted by molar-refractivity contribution is 6.06. The Morgan fingerprint density at radius 3 is 3.00 bits per heavy atom. The van der Waals surface area contributed by atoms with Gasteiger partial charge in [-0.3, -0.25) is 14.3 Å². The van der Waals surface area contributed by atoms with Gasteiger partial charge in [-0.2, -0.15) is 5.10 Å². The highest BCUT2D eigenvalue weighted by atomic mass is 19.1. The Morgan fingerprint density at radius 1 is 1.44 bits per heavy atom. The van der Waals surface area contributed by atoms with Gasteiger partial charge in [-0.1, -0.05) is 0 Å². The van der Waals surface area contributed by atoms with E-state index >= 15 is 0 Å². The smallest absolute Gasteiger partial charge is 0.259 e. The fraction of sp³-hybridized carbons (Fsp3) is 0.353. The van der Waals surface area contributed by atoms with Gasteiger partial charge in [0.05, 0.1) is 28.8 Å². The number of nitrogen functional groups attached to an aromatic ring is 1. The third-order valence-electron chi connectivity index (χ3n) is 4.33. The van der Waals surface area contributed by atoms with E-state index in [0.29, 0.717) is 30.8 Å². The standard InChI is InChI=1S/C17H20FN5O2/c1-10(24)20-8-11-4-5-23-16(6-11)13(9-21-23)17(25)22-15-7-12(18)2-3-14(15)19/h2-3,7,9,11H,4-6,8,19H2,1H3,(H,20,24)(H,22,25). The van der Waals surface area contributed by atoms with Crippen molar-refractivity contribution < 1.29 is 14.0 Å². The van der Waals surface area contributed by atoms with Crippen molar-refractivity contribution in [2.24, 2.45) is 5.92 Å². The summed E-state index contributed by atoms with van der Waals surface area (Å²) in [6.45, 7) is 2.74. The number of anilines is 2. The summed E-state index contributed by atoms with van der Waals surface area (Å²) in [7, 11) is 0. The summed E-state index contributed by atoms with van der Waals surface area (Å²) in [4.78, 5) is 23.7. The first-order valence-corrected chi connectivity index (χ1v) is 8.09. The number of nitrogens with zero attached hydrogens (tertiary/aromatic N) is 2. The number of amides is 2. The zero-order chi connectivity index (χ0) is 18.0. The molecular weight excluding hydrogens is 325 g/mol. The first kappa shape index (κ1) is 16.9. The van der Waals surface area contributed by atoms with Crippen LogP contribution in [0, 0.1) is 11.7 Å². The Hall–Kier alpha value is -2.90. The Bertz CT molecular complexity index is 817. The molecule has 25 heavy (non-hydrogen) atoms. The molecule has 0 bridgehead atoms. The molecule has 1 atom stereocenters. The second-order valence-corrected chi connectivity index (χ2v) is 6.21. The van der Waals surface area contributed by atoms with Crippen molar-refractivity contribution in [3.63, 3.8) is 0 Å². The molecule has 0 spiro atoms. The predicted molar refractivity (Wildman–Crippen MR) is 91.5 cm³/mol. The zero-order valence-electron chi connectivity index (χ0n) is 13.9. The van der Waals surface area contributed by atoms with Gasteiger partial charge in [-0.05, 0) is 37.0 Å². The lowest BCUT2D eigenvalue weighted by atomic mass is 9.94. The number of aryl methyl sites for hydroxylation is 1. The molecule has 0 saturated carbocycles. The van der Waals surface area contributed by atoms with Gasteiger partial charge >= 0.3 is 0 Å². The molecule has 1 aromatic heterocycles. The minimum Gasteiger partial charge on any atom is -0.397 e. The van der Waals surface area contributed by atoms with Crippen molar-refractivity contribution in [1.82, 2.24) is 15.1 Å². The van der Waals surface area contributed by atoms with Gasteiger partial charge in [0.15, 0.2) is 0 Å². The van der Waals surface area contributed by atoms with Crippen LogP contribution in [0.25, 0.3) is 0 Å². The molecule has 8 heteroatoms. The van der Waals surface area contributed by atoms with Crippen LogP contribution >= 0.6 is 0 Å². The zero-order valence-corrected chi connectivity index (χ0v) is 13.9. The molecule has 0 radical (unpaired) electrons. The van der Waals surface area contributed by atoms with Gasteiger partial charge in [0, 0.05) is 20.0 Å². The lowest BCUT2D eigenvalue weighted by molar-refractivity contribution is -0.119. The van der Waals surface area contributed by atoms with Gasteiger partial charge < -0.3 is 16.4 Å². The summed E-state index contributed by atoms with van der Waals surface area (Å²) in [6.07, 6.45) is 3.04. The molecule has 1 aliphatic heterocycles. The van der Waals surface area contributed by atoms with E-state index in [1.54, 1.807) is 4.68 Å². The molecule has 1 aromatic carbocycles. The molecule has 1 aliphatic rings. The van der Waals surface area contributed by atoms with E-state index in [-0.39, 0.29) is 23.4 Å². The summed E-state index contributed by atoms with van der Waals surface area (Å²) >= 11 is 0. The average molecular weight is 345 g/mol. The van der Waals surface area contributed by atoms with Crippen LogP contribution in [-0.2, 0) is 17.8 Å². The fourth-order valence-corrected chi connectivity index (χ4v) is 2.98. The van der Waals surface area contributed by atoms with Gasteiger partial charge in [0.2, 0.25) is 5.91 Å². The number of fused-ring (bicyclic) bond motifs is 1. The van der Waals surface area contributed by atoms with Crippen LogP contribution in [0.2, 0.25) is 0 Å². The number of carbonyl (C=O) groups is 2. The van der Waals surface area contributed by atoms with E-state index in [2.05, 4.69) is 15.7 Å². The molecule has 0 fully saturated rings. The number of hydrogen-bond donors (Lipinski definition) is 3. The Morgan fingerprint density at radius 2 is 2.24 bits per heavy atom. The monoisotopic (exact) mass is 345 g/mol. The van der Waals surface area contributed by atoms with Crippen molar-refractivity contribution in [2.45, 2.75) is 26.3 Å². The van der Waals surface area contributed by atoms with E-state index in [9.17, 15) is 14.0 Å². The van der Waals surface area contributed by atoms with Gasteiger partial charge in [-0.25, -0.2) is 4.39 Å². The number of benzene rings is 1. The molecule has 3 rings (SSSR count). The van der Waals surface area contributed by atoms with Crippen LogP contribution < -0.4 is 16.4 Å². The van der Waals surface area contributed by atoms with Crippen LogP contribution in [0.5, 0.6) is 0 Å². The Labute approximate surface area is 144 Å². The minimum atomic E-state index is -0.475. The van der Waals surface area contributed by atoms with E-state index < -0.39 is 5.82 Å². The SMILES string of the molecule is CC(=O)NCC1CCn2ncc(C(=O)Nc3cc(F)ccc3N)c2C1. The van der Waals surface area contributed by atoms with E-state index in [1.165, 1.54) is 31.3 Å². The molecule has 0 aliphatic carbocycles. The van der Waals surface area contributed by atoms with Crippen molar-refractivity contribution in [3.05, 3.63) is 41.5 Å². The second kappa shape index (κ2) is 6.92. The Balaban J connectivity index is 1.76. The minimum absolute atomic E-state index is 0.0707. The summed E-state index contributed by atoms with van der Waals surface area (Å²) in [5.74, 6) is -0.673. The van der Waals surface area contributed by atoms with E-state index in [4.69, 9.17) is 5.73 Å². The third kappa shape index (κ3) is 3.78. The Kier molecular flexibility index (Phi) is 4.69. The van der Waals surface area contributed by atoms with Crippen LogP contribution in [-0.4, -0.2) is 28.1 Å². The highest BCUT2D eigenvalue weighted by Crippen LogP contribution is 2.25. The molecular formula is C17H20FN5O2. The van der Waals surface area contributed by atoms with Crippen molar-refractivity contribution in [3.8, 4) is 0 Å². The first-order chi connectivity index (χ1) is 11.9. The highest BCUT2D eigenvalue weighted by Gasteiger charge is 2.25. The second-order valence-electron chi connectivity index (χ2n) is 6.21. The van der Waals surface area contributed by atoms with Gasteiger partial charge in [0.25, 0.3) is 5.91 Å². The average Bonchev–Trinajstić information content (AvgIpc) is 2.99. The summed E-state index contributed by atoms with van der Waals surface area (Å²) in [6, 6.07) is 3.82. The largest absolute Gasteiger partial charge is 0.397 e. The predicted octanol–water partition coefficient (Wildman–Crippen LogP) is 1.56. The van der Waals surface area contributed by atoms with E-state index in [1.807, 2.05) is 0 Å². The fourth-order valence-electron chi connectivity index (χ4n) is 2.98. The van der Waals surface area contributed by atoms with Gasteiger partial charge in [-0.15, -0.1) is 0 Å². The lowest BCUT2D eigenvalue weighted by Crippen LogP contribution is -2.32. The number of aromatic nitrogens is 2. The molecule has 2 aromatic rings. The van der Waals surface area contributed by atoms with Crippen molar-refractivity contribution >= 4 is 23.2 Å². The van der Waals surface area contributed by atoms with Gasteiger partial charge in [0.1, 0.15) is 5.82 Å². The maximum Gasteiger partial charge on any atom is 0.259 e. The van der Waals surface area contributed by atoms with Crippen LogP contribution in [0.4, 0.5) is 15.8 Å². The number of halogens is 1.